The van der Waals surface area contributed by atoms with Crippen LogP contribution >= 0.6 is 11.8 Å². The Kier molecular flexibility index (Phi) is 6.36. The van der Waals surface area contributed by atoms with Crippen LogP contribution in [0.25, 0.3) is 0 Å². The molecule has 1 aromatic rings. The zero-order valence-corrected chi connectivity index (χ0v) is 10.1. The van der Waals surface area contributed by atoms with E-state index in [1.807, 2.05) is 12.4 Å². The van der Waals surface area contributed by atoms with E-state index in [-0.39, 0.29) is 0 Å². The van der Waals surface area contributed by atoms with Gasteiger partial charge in [0.1, 0.15) is 0 Å². The van der Waals surface area contributed by atoms with Gasteiger partial charge in [-0.2, -0.15) is 0 Å². The van der Waals surface area contributed by atoms with Crippen molar-refractivity contribution in [2.75, 3.05) is 12.3 Å². The maximum Gasteiger partial charge on any atom is 0.187 e. The zero-order valence-electron chi connectivity index (χ0n) is 9.28. The van der Waals surface area contributed by atoms with Gasteiger partial charge in [-0.25, -0.2) is 9.97 Å². The van der Waals surface area contributed by atoms with E-state index in [0.717, 1.165) is 22.9 Å². The lowest BCUT2D eigenvalue weighted by Gasteiger charge is -2.01. The van der Waals surface area contributed by atoms with Crippen molar-refractivity contribution in [1.82, 2.24) is 9.97 Å². The third-order valence-corrected chi connectivity index (χ3v) is 3.06. The van der Waals surface area contributed by atoms with E-state index in [2.05, 4.69) is 16.9 Å². The van der Waals surface area contributed by atoms with Crippen molar-refractivity contribution in [1.29, 1.82) is 0 Å². The number of nitrogens with zero attached hydrogens (tertiary/aromatic N) is 2. The predicted octanol–water partition coefficient (Wildman–Crippen LogP) is 2.26. The molecule has 0 atom stereocenters. The fourth-order valence-corrected chi connectivity index (χ4v) is 2.01. The first-order valence-corrected chi connectivity index (χ1v) is 6.49. The Hall–Kier alpha value is -0.610. The average Bonchev–Trinajstić information content (AvgIpc) is 2.27. The van der Waals surface area contributed by atoms with Crippen LogP contribution in [0.15, 0.2) is 17.6 Å². The van der Waals surface area contributed by atoms with Crippen molar-refractivity contribution in [2.24, 2.45) is 5.73 Å². The number of hydrogen-bond acceptors (Lipinski definition) is 4. The molecule has 0 aromatic carbocycles. The molecule has 1 rings (SSSR count). The van der Waals surface area contributed by atoms with Crippen LogP contribution < -0.4 is 5.73 Å². The van der Waals surface area contributed by atoms with Crippen LogP contribution in [0, 0.1) is 0 Å². The summed E-state index contributed by atoms with van der Waals surface area (Å²) in [6.07, 6.45) is 8.41. The largest absolute Gasteiger partial charge is 0.330 e. The summed E-state index contributed by atoms with van der Waals surface area (Å²) >= 11 is 1.73. The third-order valence-electron chi connectivity index (χ3n) is 2.09. The Labute approximate surface area is 95.9 Å². The molecule has 4 heteroatoms. The summed E-state index contributed by atoms with van der Waals surface area (Å²) in [7, 11) is 0. The fourth-order valence-electron chi connectivity index (χ4n) is 1.23. The molecular formula is C11H19N3S. The lowest BCUT2D eigenvalue weighted by molar-refractivity contribution is 0.776. The van der Waals surface area contributed by atoms with Gasteiger partial charge in [-0.3, -0.25) is 0 Å². The van der Waals surface area contributed by atoms with Gasteiger partial charge in [-0.05, 0) is 24.9 Å². The maximum absolute atomic E-state index is 5.45. The molecule has 0 aliphatic heterocycles. The molecule has 1 aromatic heterocycles. The Bertz CT molecular complexity index is 261. The number of thioether (sulfide) groups is 1. The molecule has 84 valence electrons. The molecule has 0 bridgehead atoms. The molecule has 0 saturated carbocycles. The zero-order chi connectivity index (χ0) is 10.9. The van der Waals surface area contributed by atoms with E-state index in [4.69, 9.17) is 5.73 Å². The minimum Gasteiger partial charge on any atom is -0.330 e. The molecule has 2 N–H and O–H groups in total. The van der Waals surface area contributed by atoms with Crippen LogP contribution in [0.3, 0.4) is 0 Å². The molecule has 0 radical (unpaired) electrons. The summed E-state index contributed by atoms with van der Waals surface area (Å²) in [6.45, 7) is 2.87. The first-order valence-electron chi connectivity index (χ1n) is 5.50. The molecule has 0 unspecified atom stereocenters. The lowest BCUT2D eigenvalue weighted by Crippen LogP contribution is -2.03. The minimum atomic E-state index is 0.659. The highest BCUT2D eigenvalue weighted by Crippen LogP contribution is 2.14. The monoisotopic (exact) mass is 225 g/mol. The molecule has 0 saturated heterocycles. The molecule has 0 amide bonds. The highest BCUT2D eigenvalue weighted by molar-refractivity contribution is 7.99. The molecule has 1 heterocycles. The number of hydrogen-bond donors (Lipinski definition) is 1. The SMILES string of the molecule is CCCCCSc1ncc(CCN)cn1. The number of aromatic nitrogens is 2. The van der Waals surface area contributed by atoms with E-state index >= 15 is 0 Å². The van der Waals surface area contributed by atoms with Gasteiger partial charge in [0.25, 0.3) is 0 Å². The summed E-state index contributed by atoms with van der Waals surface area (Å²) in [5.74, 6) is 1.12. The van der Waals surface area contributed by atoms with Crippen molar-refractivity contribution in [3.05, 3.63) is 18.0 Å². The minimum absolute atomic E-state index is 0.659. The van der Waals surface area contributed by atoms with Crippen LogP contribution in [0.1, 0.15) is 31.7 Å². The van der Waals surface area contributed by atoms with Crippen molar-refractivity contribution >= 4 is 11.8 Å². The van der Waals surface area contributed by atoms with E-state index in [0.29, 0.717) is 6.54 Å². The molecule has 0 fully saturated rings. The Morgan fingerprint density at radius 3 is 2.60 bits per heavy atom. The summed E-state index contributed by atoms with van der Waals surface area (Å²) in [6, 6.07) is 0. The van der Waals surface area contributed by atoms with Gasteiger partial charge in [-0.1, -0.05) is 31.5 Å². The maximum atomic E-state index is 5.45. The summed E-state index contributed by atoms with van der Waals surface area (Å²) in [4.78, 5) is 8.58. The summed E-state index contributed by atoms with van der Waals surface area (Å²) < 4.78 is 0. The van der Waals surface area contributed by atoms with Gasteiger partial charge < -0.3 is 5.73 Å². The number of nitrogens with two attached hydrogens (primary N) is 1. The Morgan fingerprint density at radius 2 is 2.00 bits per heavy atom. The van der Waals surface area contributed by atoms with Crippen molar-refractivity contribution in [3.63, 3.8) is 0 Å². The molecule has 0 spiro atoms. The normalized spacial score (nSPS) is 10.5. The van der Waals surface area contributed by atoms with Gasteiger partial charge in [-0.15, -0.1) is 0 Å². The highest BCUT2D eigenvalue weighted by Gasteiger charge is 1.98. The molecule has 15 heavy (non-hydrogen) atoms. The number of unbranched alkanes of at least 4 members (excludes halogenated alkanes) is 2. The van der Waals surface area contributed by atoms with E-state index in [9.17, 15) is 0 Å². The highest BCUT2D eigenvalue weighted by atomic mass is 32.2. The second-order valence-corrected chi connectivity index (χ2v) is 4.53. The van der Waals surface area contributed by atoms with E-state index in [1.165, 1.54) is 19.3 Å². The van der Waals surface area contributed by atoms with Gasteiger partial charge in [0.15, 0.2) is 5.16 Å². The molecule has 0 aliphatic carbocycles. The summed E-state index contributed by atoms with van der Waals surface area (Å²) in [5, 5.41) is 0.881. The molecule has 3 nitrogen and oxygen atoms in total. The number of rotatable bonds is 7. The van der Waals surface area contributed by atoms with Crippen molar-refractivity contribution in [2.45, 2.75) is 37.8 Å². The van der Waals surface area contributed by atoms with Gasteiger partial charge in [0.05, 0.1) is 0 Å². The van der Waals surface area contributed by atoms with Gasteiger partial charge >= 0.3 is 0 Å². The first kappa shape index (κ1) is 12.5. The van der Waals surface area contributed by atoms with E-state index in [1.54, 1.807) is 11.8 Å². The van der Waals surface area contributed by atoms with Crippen LogP contribution in [0.2, 0.25) is 0 Å². The lowest BCUT2D eigenvalue weighted by atomic mass is 10.2. The van der Waals surface area contributed by atoms with Gasteiger partial charge in [0.2, 0.25) is 0 Å². The standard InChI is InChI=1S/C11H19N3S/c1-2-3-4-7-15-11-13-8-10(5-6-12)9-14-11/h8-9H,2-7,12H2,1H3. The topological polar surface area (TPSA) is 51.8 Å². The molecule has 0 aliphatic rings. The van der Waals surface area contributed by atoms with E-state index < -0.39 is 0 Å². The predicted molar refractivity (Wildman–Crippen MR) is 65.0 cm³/mol. The Morgan fingerprint density at radius 1 is 1.27 bits per heavy atom. The third kappa shape index (κ3) is 5.14. The fraction of sp³-hybridized carbons (Fsp3) is 0.636. The van der Waals surface area contributed by atoms with Crippen molar-refractivity contribution in [3.8, 4) is 0 Å². The van der Waals surface area contributed by atoms with Gasteiger partial charge in [0, 0.05) is 18.1 Å². The van der Waals surface area contributed by atoms with Crippen LogP contribution in [0.5, 0.6) is 0 Å². The quantitative estimate of drug-likeness (QED) is 0.439. The molecular weight excluding hydrogens is 206 g/mol. The summed E-state index contributed by atoms with van der Waals surface area (Å²) in [5.41, 5.74) is 6.57. The van der Waals surface area contributed by atoms with Crippen LogP contribution in [0.4, 0.5) is 0 Å². The second-order valence-electron chi connectivity index (χ2n) is 3.47. The average molecular weight is 225 g/mol. The first-order chi connectivity index (χ1) is 7.36. The van der Waals surface area contributed by atoms with Crippen LogP contribution in [-0.4, -0.2) is 22.3 Å². The van der Waals surface area contributed by atoms with Crippen molar-refractivity contribution < 1.29 is 0 Å². The second kappa shape index (κ2) is 7.65. The van der Waals surface area contributed by atoms with Crippen LogP contribution in [-0.2, 0) is 6.42 Å². The smallest absolute Gasteiger partial charge is 0.187 e. The Balaban J connectivity index is 2.29.